The molecule has 1 aliphatic carbocycles. The topological polar surface area (TPSA) is 26.0 Å². The Bertz CT molecular complexity index is 600. The Kier molecular flexibility index (Phi) is 3.16. The van der Waals surface area contributed by atoms with Crippen LogP contribution in [-0.2, 0) is 6.42 Å². The quantitative estimate of drug-likeness (QED) is 0.875. The molecule has 0 fully saturated rings. The fourth-order valence-electron chi connectivity index (χ4n) is 3.01. The molecule has 0 radical (unpaired) electrons. The SMILES string of the molecule is Cc1ccc(C(N)CC2Cc3ccccc32)cc1C. The van der Waals surface area contributed by atoms with Crippen molar-refractivity contribution in [2.75, 3.05) is 0 Å². The van der Waals surface area contributed by atoms with Crippen LogP contribution in [0.5, 0.6) is 0 Å². The lowest BCUT2D eigenvalue weighted by molar-refractivity contribution is 0.498. The van der Waals surface area contributed by atoms with Gasteiger partial charge in [0.05, 0.1) is 0 Å². The van der Waals surface area contributed by atoms with Gasteiger partial charge in [0, 0.05) is 6.04 Å². The van der Waals surface area contributed by atoms with Crippen molar-refractivity contribution >= 4 is 0 Å². The average molecular weight is 251 g/mol. The van der Waals surface area contributed by atoms with E-state index in [1.54, 1.807) is 0 Å². The van der Waals surface area contributed by atoms with Gasteiger partial charge in [-0.3, -0.25) is 0 Å². The minimum absolute atomic E-state index is 0.151. The molecule has 3 rings (SSSR count). The van der Waals surface area contributed by atoms with Gasteiger partial charge in [0.25, 0.3) is 0 Å². The first-order valence-electron chi connectivity index (χ1n) is 7.05. The van der Waals surface area contributed by atoms with E-state index in [-0.39, 0.29) is 6.04 Å². The van der Waals surface area contributed by atoms with Crippen molar-refractivity contribution in [3.05, 3.63) is 70.3 Å². The number of hydrogen-bond acceptors (Lipinski definition) is 1. The molecule has 1 heteroatoms. The number of hydrogen-bond donors (Lipinski definition) is 1. The van der Waals surface area contributed by atoms with Crippen molar-refractivity contribution in [2.24, 2.45) is 5.73 Å². The zero-order valence-corrected chi connectivity index (χ0v) is 11.7. The molecule has 0 saturated carbocycles. The Morgan fingerprint density at radius 3 is 2.63 bits per heavy atom. The molecule has 1 aliphatic rings. The predicted molar refractivity (Wildman–Crippen MR) is 80.3 cm³/mol. The summed E-state index contributed by atoms with van der Waals surface area (Å²) < 4.78 is 0. The van der Waals surface area contributed by atoms with Gasteiger partial charge in [-0.05, 0) is 60.4 Å². The third kappa shape index (κ3) is 2.31. The summed E-state index contributed by atoms with van der Waals surface area (Å²) in [5.41, 5.74) is 13.3. The Morgan fingerprint density at radius 2 is 1.89 bits per heavy atom. The Labute approximate surface area is 115 Å². The van der Waals surface area contributed by atoms with Crippen molar-refractivity contribution < 1.29 is 0 Å². The summed E-state index contributed by atoms with van der Waals surface area (Å²) in [4.78, 5) is 0. The molecule has 0 bridgehead atoms. The molecule has 0 aromatic heterocycles. The van der Waals surface area contributed by atoms with Crippen LogP contribution in [0.25, 0.3) is 0 Å². The minimum Gasteiger partial charge on any atom is -0.324 e. The molecular formula is C18H21N. The molecule has 2 atom stereocenters. The van der Waals surface area contributed by atoms with E-state index in [9.17, 15) is 0 Å². The second-order valence-corrected chi connectivity index (χ2v) is 5.79. The van der Waals surface area contributed by atoms with Gasteiger partial charge in [0.15, 0.2) is 0 Å². The van der Waals surface area contributed by atoms with Crippen LogP contribution in [0.3, 0.4) is 0 Å². The van der Waals surface area contributed by atoms with E-state index >= 15 is 0 Å². The lowest BCUT2D eigenvalue weighted by Crippen LogP contribution is -2.22. The van der Waals surface area contributed by atoms with Gasteiger partial charge in [0.1, 0.15) is 0 Å². The van der Waals surface area contributed by atoms with Gasteiger partial charge in [-0.15, -0.1) is 0 Å². The Hall–Kier alpha value is -1.60. The fraction of sp³-hybridized carbons (Fsp3) is 0.333. The first kappa shape index (κ1) is 12.4. The van der Waals surface area contributed by atoms with Crippen LogP contribution in [0.1, 0.15) is 46.2 Å². The largest absolute Gasteiger partial charge is 0.324 e. The summed E-state index contributed by atoms with van der Waals surface area (Å²) >= 11 is 0. The average Bonchev–Trinajstić information content (AvgIpc) is 2.39. The molecule has 0 saturated heterocycles. The van der Waals surface area contributed by atoms with Gasteiger partial charge in [0.2, 0.25) is 0 Å². The van der Waals surface area contributed by atoms with E-state index in [2.05, 4.69) is 56.3 Å². The van der Waals surface area contributed by atoms with E-state index in [4.69, 9.17) is 5.73 Å². The molecule has 98 valence electrons. The molecule has 2 aromatic rings. The third-order valence-electron chi connectivity index (χ3n) is 4.46. The molecule has 2 N–H and O–H groups in total. The van der Waals surface area contributed by atoms with E-state index in [0.29, 0.717) is 5.92 Å². The second-order valence-electron chi connectivity index (χ2n) is 5.79. The van der Waals surface area contributed by atoms with Crippen LogP contribution in [0.2, 0.25) is 0 Å². The molecule has 0 aliphatic heterocycles. The number of rotatable bonds is 3. The predicted octanol–water partition coefficient (Wildman–Crippen LogP) is 4.03. The van der Waals surface area contributed by atoms with Crippen LogP contribution < -0.4 is 5.73 Å². The van der Waals surface area contributed by atoms with Crippen LogP contribution in [0, 0.1) is 13.8 Å². The zero-order valence-electron chi connectivity index (χ0n) is 11.7. The summed E-state index contributed by atoms with van der Waals surface area (Å²) in [6, 6.07) is 15.5. The lowest BCUT2D eigenvalue weighted by atomic mass is 9.74. The van der Waals surface area contributed by atoms with Crippen LogP contribution in [0.15, 0.2) is 42.5 Å². The smallest absolute Gasteiger partial charge is 0.0300 e. The summed E-state index contributed by atoms with van der Waals surface area (Å²) in [7, 11) is 0. The molecule has 2 aromatic carbocycles. The highest BCUT2D eigenvalue weighted by molar-refractivity contribution is 5.40. The summed E-state index contributed by atoms with van der Waals surface area (Å²) in [5.74, 6) is 0.646. The third-order valence-corrected chi connectivity index (χ3v) is 4.46. The van der Waals surface area contributed by atoms with Gasteiger partial charge in [-0.1, -0.05) is 42.5 Å². The fourth-order valence-corrected chi connectivity index (χ4v) is 3.01. The van der Waals surface area contributed by atoms with Gasteiger partial charge < -0.3 is 5.73 Å². The van der Waals surface area contributed by atoms with E-state index < -0.39 is 0 Å². The molecule has 0 amide bonds. The normalized spacial score (nSPS) is 18.6. The summed E-state index contributed by atoms with van der Waals surface area (Å²) in [6.45, 7) is 4.30. The number of benzene rings is 2. The maximum Gasteiger partial charge on any atom is 0.0300 e. The van der Waals surface area contributed by atoms with Crippen molar-refractivity contribution in [1.82, 2.24) is 0 Å². The molecule has 1 nitrogen and oxygen atoms in total. The maximum absolute atomic E-state index is 6.38. The monoisotopic (exact) mass is 251 g/mol. The van der Waals surface area contributed by atoms with Crippen molar-refractivity contribution in [1.29, 1.82) is 0 Å². The van der Waals surface area contributed by atoms with E-state index in [1.807, 2.05) is 0 Å². The first-order chi connectivity index (χ1) is 9.15. The van der Waals surface area contributed by atoms with Crippen molar-refractivity contribution in [3.8, 4) is 0 Å². The van der Waals surface area contributed by atoms with E-state index in [1.165, 1.54) is 34.2 Å². The second kappa shape index (κ2) is 4.82. The molecule has 0 spiro atoms. The zero-order chi connectivity index (χ0) is 13.4. The van der Waals surface area contributed by atoms with Crippen molar-refractivity contribution in [2.45, 2.75) is 38.6 Å². The highest BCUT2D eigenvalue weighted by Gasteiger charge is 2.27. The van der Waals surface area contributed by atoms with Gasteiger partial charge in [-0.2, -0.15) is 0 Å². The minimum atomic E-state index is 0.151. The van der Waals surface area contributed by atoms with Crippen LogP contribution >= 0.6 is 0 Å². The molecule has 0 heterocycles. The van der Waals surface area contributed by atoms with Crippen molar-refractivity contribution in [3.63, 3.8) is 0 Å². The van der Waals surface area contributed by atoms with Crippen LogP contribution in [0.4, 0.5) is 0 Å². The molecule has 2 unspecified atom stereocenters. The van der Waals surface area contributed by atoms with Crippen LogP contribution in [-0.4, -0.2) is 0 Å². The Balaban J connectivity index is 1.73. The van der Waals surface area contributed by atoms with Gasteiger partial charge in [-0.25, -0.2) is 0 Å². The van der Waals surface area contributed by atoms with Gasteiger partial charge >= 0.3 is 0 Å². The number of fused-ring (bicyclic) bond motifs is 1. The number of nitrogens with two attached hydrogens (primary N) is 1. The lowest BCUT2D eigenvalue weighted by Gasteiger charge is -2.32. The molecular weight excluding hydrogens is 230 g/mol. The first-order valence-corrected chi connectivity index (χ1v) is 7.05. The number of aryl methyl sites for hydroxylation is 2. The summed E-state index contributed by atoms with van der Waals surface area (Å²) in [6.07, 6.45) is 2.24. The maximum atomic E-state index is 6.38. The highest BCUT2D eigenvalue weighted by Crippen LogP contribution is 2.40. The standard InChI is InChI=1S/C18H21N/c1-12-7-8-15(9-13(12)2)18(19)11-16-10-14-5-3-4-6-17(14)16/h3-9,16,18H,10-11,19H2,1-2H3. The summed E-state index contributed by atoms with van der Waals surface area (Å²) in [5, 5.41) is 0. The Morgan fingerprint density at radius 1 is 1.11 bits per heavy atom. The molecule has 19 heavy (non-hydrogen) atoms. The van der Waals surface area contributed by atoms with E-state index in [0.717, 1.165) is 6.42 Å². The highest BCUT2D eigenvalue weighted by atomic mass is 14.6.